The molecule has 0 saturated carbocycles. The van der Waals surface area contributed by atoms with E-state index >= 15 is 0 Å². The summed E-state index contributed by atoms with van der Waals surface area (Å²) in [6, 6.07) is 0. The van der Waals surface area contributed by atoms with Gasteiger partial charge in [-0.3, -0.25) is 4.79 Å². The smallest absolute Gasteiger partial charge is 0.303 e. The first-order valence-corrected chi connectivity index (χ1v) is 10.3. The molecule has 2 rings (SSSR count). The Hall–Kier alpha value is -1.21. The van der Waals surface area contributed by atoms with Crippen molar-refractivity contribution < 1.29 is 14.0 Å². The van der Waals surface area contributed by atoms with Crippen molar-refractivity contribution in [3.05, 3.63) is 11.4 Å². The van der Waals surface area contributed by atoms with E-state index < -0.39 is 8.32 Å². The van der Waals surface area contributed by atoms with E-state index in [4.69, 9.17) is 9.16 Å². The van der Waals surface area contributed by atoms with E-state index in [0.29, 0.717) is 6.61 Å². The Morgan fingerprint density at radius 1 is 1.43 bits per heavy atom. The van der Waals surface area contributed by atoms with Crippen LogP contribution in [0.2, 0.25) is 18.1 Å². The molecule has 1 aliphatic rings. The van der Waals surface area contributed by atoms with Crippen LogP contribution in [-0.4, -0.2) is 29.3 Å². The fourth-order valence-corrected chi connectivity index (χ4v) is 3.06. The second-order valence-electron chi connectivity index (χ2n) is 7.08. The summed E-state index contributed by atoms with van der Waals surface area (Å²) < 4.78 is 13.4. The maximum absolute atomic E-state index is 11.2. The molecule has 6 nitrogen and oxygen atoms in total. The molecule has 0 radical (unpaired) electrons. The van der Waals surface area contributed by atoms with Gasteiger partial charge in [0.15, 0.2) is 8.32 Å². The topological polar surface area (TPSA) is 66.2 Å². The fourth-order valence-electron chi connectivity index (χ4n) is 2.13. The predicted molar refractivity (Wildman–Crippen MR) is 81.1 cm³/mol. The minimum Gasteiger partial charge on any atom is -0.456 e. The molecular formula is C14H25N3O3Si. The Labute approximate surface area is 126 Å². The van der Waals surface area contributed by atoms with Crippen molar-refractivity contribution >= 4 is 14.3 Å². The van der Waals surface area contributed by atoms with Crippen molar-refractivity contribution in [3.63, 3.8) is 0 Å². The van der Waals surface area contributed by atoms with E-state index in [1.165, 1.54) is 6.92 Å². The summed E-state index contributed by atoms with van der Waals surface area (Å²) in [4.78, 5) is 11.2. The van der Waals surface area contributed by atoms with E-state index in [9.17, 15) is 4.79 Å². The molecule has 0 spiro atoms. The zero-order valence-corrected chi connectivity index (χ0v) is 14.8. The van der Waals surface area contributed by atoms with E-state index in [-0.39, 0.29) is 17.1 Å². The van der Waals surface area contributed by atoms with E-state index in [1.807, 2.05) is 4.68 Å². The number of rotatable bonds is 4. The van der Waals surface area contributed by atoms with E-state index in [2.05, 4.69) is 44.2 Å². The molecule has 0 bridgehead atoms. The zero-order chi connectivity index (χ0) is 15.8. The van der Waals surface area contributed by atoms with E-state index in [0.717, 1.165) is 24.4 Å². The molecule has 1 aromatic heterocycles. The molecule has 1 atom stereocenters. The Morgan fingerprint density at radius 3 is 2.67 bits per heavy atom. The van der Waals surface area contributed by atoms with Crippen LogP contribution >= 0.6 is 0 Å². The average molecular weight is 311 g/mol. The third kappa shape index (κ3) is 3.34. The van der Waals surface area contributed by atoms with Crippen LogP contribution in [0.25, 0.3) is 0 Å². The van der Waals surface area contributed by atoms with Gasteiger partial charge in [0.2, 0.25) is 0 Å². The molecular weight excluding hydrogens is 286 g/mol. The molecule has 2 heterocycles. The molecule has 0 aromatic carbocycles. The van der Waals surface area contributed by atoms with Gasteiger partial charge in [-0.1, -0.05) is 26.0 Å². The van der Waals surface area contributed by atoms with Gasteiger partial charge in [0, 0.05) is 19.9 Å². The van der Waals surface area contributed by atoms with Gasteiger partial charge in [0.1, 0.15) is 17.5 Å². The molecule has 21 heavy (non-hydrogen) atoms. The number of hydrogen-bond acceptors (Lipinski definition) is 5. The zero-order valence-electron chi connectivity index (χ0n) is 13.8. The van der Waals surface area contributed by atoms with Crippen LogP contribution in [0.3, 0.4) is 0 Å². The number of aromatic nitrogens is 3. The normalized spacial score (nSPS) is 18.7. The van der Waals surface area contributed by atoms with Gasteiger partial charge in [-0.25, -0.2) is 4.68 Å². The highest BCUT2D eigenvalue weighted by atomic mass is 28.4. The fraction of sp³-hybridized carbons (Fsp3) is 0.786. The van der Waals surface area contributed by atoms with Gasteiger partial charge in [-0.05, 0) is 18.1 Å². The minimum absolute atomic E-state index is 0.151. The number of hydrogen-bond donors (Lipinski definition) is 0. The van der Waals surface area contributed by atoms with Crippen LogP contribution < -0.4 is 0 Å². The Kier molecular flexibility index (Phi) is 4.26. The Balaban J connectivity index is 2.12. The van der Waals surface area contributed by atoms with Crippen LogP contribution in [0.1, 0.15) is 51.6 Å². The summed E-state index contributed by atoms with van der Waals surface area (Å²) in [6.45, 7) is 13.6. The third-order valence-electron chi connectivity index (χ3n) is 4.44. The van der Waals surface area contributed by atoms with Gasteiger partial charge in [0.05, 0.1) is 6.61 Å². The Bertz CT molecular complexity index is 534. The number of aryl methyl sites for hydroxylation is 1. The number of ether oxygens (including phenoxy) is 1. The summed E-state index contributed by atoms with van der Waals surface area (Å²) in [5.74, 6) is -0.272. The lowest BCUT2D eigenvalue weighted by molar-refractivity contribution is -0.146. The van der Waals surface area contributed by atoms with Gasteiger partial charge in [0.25, 0.3) is 0 Å². The van der Waals surface area contributed by atoms with Gasteiger partial charge in [-0.2, -0.15) is 0 Å². The van der Waals surface area contributed by atoms with Gasteiger partial charge >= 0.3 is 5.97 Å². The van der Waals surface area contributed by atoms with Crippen molar-refractivity contribution in [3.8, 4) is 0 Å². The SMILES string of the molecule is CC(=O)OC1CCn2nnc(CO[Si](C)(C)C(C)(C)C)c21. The van der Waals surface area contributed by atoms with Crippen molar-refractivity contribution in [1.29, 1.82) is 0 Å². The summed E-state index contributed by atoms with van der Waals surface area (Å²) >= 11 is 0. The summed E-state index contributed by atoms with van der Waals surface area (Å²) in [5, 5.41) is 8.48. The lowest BCUT2D eigenvalue weighted by atomic mass is 10.2. The van der Waals surface area contributed by atoms with Crippen LogP contribution in [0.15, 0.2) is 0 Å². The van der Waals surface area contributed by atoms with Crippen molar-refractivity contribution in [1.82, 2.24) is 15.0 Å². The van der Waals surface area contributed by atoms with E-state index in [1.54, 1.807) is 0 Å². The second kappa shape index (κ2) is 5.53. The first-order valence-electron chi connectivity index (χ1n) is 7.35. The third-order valence-corrected chi connectivity index (χ3v) is 8.92. The first-order chi connectivity index (χ1) is 9.62. The molecule has 0 amide bonds. The largest absolute Gasteiger partial charge is 0.456 e. The second-order valence-corrected chi connectivity index (χ2v) is 11.9. The van der Waals surface area contributed by atoms with Crippen molar-refractivity contribution in [2.45, 2.75) is 71.5 Å². The molecule has 0 saturated heterocycles. The molecule has 1 unspecified atom stereocenters. The van der Waals surface area contributed by atoms with Gasteiger partial charge < -0.3 is 9.16 Å². The lowest BCUT2D eigenvalue weighted by Gasteiger charge is -2.35. The molecule has 7 heteroatoms. The number of esters is 1. The molecule has 1 aliphatic heterocycles. The molecule has 0 N–H and O–H groups in total. The summed E-state index contributed by atoms with van der Waals surface area (Å²) in [7, 11) is -1.83. The van der Waals surface area contributed by atoms with Gasteiger partial charge in [-0.15, -0.1) is 5.10 Å². The summed E-state index contributed by atoms with van der Waals surface area (Å²) in [5.41, 5.74) is 1.69. The quantitative estimate of drug-likeness (QED) is 0.632. The number of carbonyl (C=O) groups excluding carboxylic acids is 1. The number of fused-ring (bicyclic) bond motifs is 1. The molecule has 0 aliphatic carbocycles. The molecule has 118 valence electrons. The predicted octanol–water partition coefficient (Wildman–Crippen LogP) is 2.81. The van der Waals surface area contributed by atoms with Crippen LogP contribution in [0, 0.1) is 0 Å². The number of carbonyl (C=O) groups is 1. The van der Waals surface area contributed by atoms with Crippen LogP contribution in [-0.2, 0) is 27.1 Å². The van der Waals surface area contributed by atoms with Crippen LogP contribution in [0.4, 0.5) is 0 Å². The highest BCUT2D eigenvalue weighted by Gasteiger charge is 2.38. The molecule has 1 aromatic rings. The first kappa shape index (κ1) is 16.2. The maximum atomic E-state index is 11.2. The molecule has 0 fully saturated rings. The van der Waals surface area contributed by atoms with Crippen molar-refractivity contribution in [2.75, 3.05) is 0 Å². The Morgan fingerprint density at radius 2 is 2.10 bits per heavy atom. The highest BCUT2D eigenvalue weighted by molar-refractivity contribution is 6.74. The minimum atomic E-state index is -1.83. The monoisotopic (exact) mass is 311 g/mol. The highest BCUT2D eigenvalue weighted by Crippen LogP contribution is 2.38. The maximum Gasteiger partial charge on any atom is 0.303 e. The average Bonchev–Trinajstić information content (AvgIpc) is 2.88. The standard InChI is InChI=1S/C14H25N3O3Si/c1-10(18)20-12-7-8-17-13(12)11(15-16-17)9-19-21(5,6)14(2,3)4/h12H,7-9H2,1-6H3. The lowest BCUT2D eigenvalue weighted by Crippen LogP contribution is -2.40. The van der Waals surface area contributed by atoms with Crippen molar-refractivity contribution in [2.24, 2.45) is 0 Å². The number of nitrogens with zero attached hydrogens (tertiary/aromatic N) is 3. The van der Waals surface area contributed by atoms with Crippen LogP contribution in [0.5, 0.6) is 0 Å². The summed E-state index contributed by atoms with van der Waals surface area (Å²) in [6.07, 6.45) is 0.521.